The van der Waals surface area contributed by atoms with Crippen LogP contribution in [0, 0.1) is 5.92 Å². The Balaban J connectivity index is 2.32. The van der Waals surface area contributed by atoms with E-state index in [9.17, 15) is 0 Å². The molecule has 96 valence electrons. The van der Waals surface area contributed by atoms with Crippen molar-refractivity contribution in [1.82, 2.24) is 10.3 Å². The minimum atomic E-state index is 0.429. The Morgan fingerprint density at radius 3 is 2.72 bits per heavy atom. The minimum absolute atomic E-state index is 0.429. The Hall–Kier alpha value is -1.41. The molecule has 2 heteroatoms. The van der Waals surface area contributed by atoms with Crippen LogP contribution in [0.25, 0.3) is 10.8 Å². The Morgan fingerprint density at radius 1 is 1.17 bits per heavy atom. The summed E-state index contributed by atoms with van der Waals surface area (Å²) in [5.74, 6) is 0.748. The van der Waals surface area contributed by atoms with Crippen LogP contribution in [-0.2, 0) is 0 Å². The number of nitrogens with one attached hydrogen (secondary N) is 1. The van der Waals surface area contributed by atoms with E-state index < -0.39 is 0 Å². The molecular weight excluding hydrogens is 220 g/mol. The number of aromatic nitrogens is 1. The van der Waals surface area contributed by atoms with Crippen molar-refractivity contribution >= 4 is 10.8 Å². The molecule has 2 rings (SSSR count). The summed E-state index contributed by atoms with van der Waals surface area (Å²) in [5.41, 5.74) is 1.39. The molecule has 0 fully saturated rings. The monoisotopic (exact) mass is 242 g/mol. The third-order valence-electron chi connectivity index (χ3n) is 3.47. The van der Waals surface area contributed by atoms with E-state index >= 15 is 0 Å². The maximum atomic E-state index is 4.19. The molecule has 1 N–H and O–H groups in total. The van der Waals surface area contributed by atoms with E-state index in [0.29, 0.717) is 6.04 Å². The molecule has 0 radical (unpaired) electrons. The normalized spacial score (nSPS) is 13.1. The third kappa shape index (κ3) is 2.88. The van der Waals surface area contributed by atoms with Gasteiger partial charge in [-0.15, -0.1) is 0 Å². The van der Waals surface area contributed by atoms with Gasteiger partial charge >= 0.3 is 0 Å². The topological polar surface area (TPSA) is 24.9 Å². The Morgan fingerprint density at radius 2 is 2.00 bits per heavy atom. The average molecular weight is 242 g/mol. The number of fused-ring (bicyclic) bond motifs is 1. The lowest BCUT2D eigenvalue weighted by atomic mass is 9.94. The third-order valence-corrected chi connectivity index (χ3v) is 3.47. The molecule has 1 unspecified atom stereocenters. The molecule has 0 aliphatic carbocycles. The number of hydrogen-bond donors (Lipinski definition) is 1. The first kappa shape index (κ1) is 13.0. The van der Waals surface area contributed by atoms with Gasteiger partial charge in [-0.25, -0.2) is 0 Å². The second-order valence-electron chi connectivity index (χ2n) is 5.26. The van der Waals surface area contributed by atoms with E-state index in [2.05, 4.69) is 48.4 Å². The molecule has 1 aromatic carbocycles. The summed E-state index contributed by atoms with van der Waals surface area (Å²) in [4.78, 5) is 4.19. The molecule has 0 aliphatic heterocycles. The van der Waals surface area contributed by atoms with Gasteiger partial charge < -0.3 is 5.32 Å². The zero-order valence-corrected chi connectivity index (χ0v) is 11.5. The number of pyridine rings is 1. The van der Waals surface area contributed by atoms with Crippen molar-refractivity contribution in [3.8, 4) is 0 Å². The van der Waals surface area contributed by atoms with Crippen LogP contribution in [0.3, 0.4) is 0 Å². The highest BCUT2D eigenvalue weighted by atomic mass is 14.9. The Kier molecular flexibility index (Phi) is 4.32. The van der Waals surface area contributed by atoms with E-state index in [1.54, 1.807) is 0 Å². The zero-order valence-electron chi connectivity index (χ0n) is 11.5. The van der Waals surface area contributed by atoms with Crippen LogP contribution >= 0.6 is 0 Å². The van der Waals surface area contributed by atoms with Crippen LogP contribution in [0.1, 0.15) is 38.3 Å². The first-order valence-electron chi connectivity index (χ1n) is 6.72. The van der Waals surface area contributed by atoms with Crippen molar-refractivity contribution in [3.63, 3.8) is 0 Å². The molecule has 0 aliphatic rings. The van der Waals surface area contributed by atoms with E-state index in [1.165, 1.54) is 29.2 Å². The molecule has 0 saturated heterocycles. The Labute approximate surface area is 109 Å². The van der Waals surface area contributed by atoms with Crippen LogP contribution < -0.4 is 5.32 Å². The fourth-order valence-corrected chi connectivity index (χ4v) is 2.41. The fourth-order valence-electron chi connectivity index (χ4n) is 2.41. The number of benzene rings is 1. The molecule has 1 heterocycles. The van der Waals surface area contributed by atoms with Gasteiger partial charge in [-0.05, 0) is 42.8 Å². The quantitative estimate of drug-likeness (QED) is 0.859. The molecule has 0 bridgehead atoms. The maximum absolute atomic E-state index is 4.19. The van der Waals surface area contributed by atoms with Gasteiger partial charge in [-0.1, -0.05) is 32.0 Å². The fraction of sp³-hybridized carbons (Fsp3) is 0.438. The summed E-state index contributed by atoms with van der Waals surface area (Å²) in [6.45, 7) is 4.56. The Bertz CT molecular complexity index is 500. The van der Waals surface area contributed by atoms with Crippen LogP contribution in [0.4, 0.5) is 0 Å². The van der Waals surface area contributed by atoms with Crippen molar-refractivity contribution in [2.45, 2.75) is 32.7 Å². The molecule has 0 spiro atoms. The van der Waals surface area contributed by atoms with Crippen molar-refractivity contribution < 1.29 is 0 Å². The first-order valence-corrected chi connectivity index (χ1v) is 6.72. The standard InChI is InChI=1S/C16H22N2/c1-12(2)7-8-16(17-3)15-6-4-5-13-11-18-10-9-14(13)15/h4-6,9-12,16-17H,7-8H2,1-3H3. The molecule has 0 amide bonds. The summed E-state index contributed by atoms with van der Waals surface area (Å²) in [5, 5.41) is 5.98. The number of nitrogens with zero attached hydrogens (tertiary/aromatic N) is 1. The first-order chi connectivity index (χ1) is 8.72. The highest BCUT2D eigenvalue weighted by Gasteiger charge is 2.12. The summed E-state index contributed by atoms with van der Waals surface area (Å²) in [6, 6.07) is 9.02. The van der Waals surface area contributed by atoms with Gasteiger partial charge in [-0.3, -0.25) is 4.98 Å². The molecule has 18 heavy (non-hydrogen) atoms. The molecule has 1 atom stereocenters. The van der Waals surface area contributed by atoms with Crippen LogP contribution in [-0.4, -0.2) is 12.0 Å². The molecule has 1 aromatic heterocycles. The van der Waals surface area contributed by atoms with Gasteiger partial charge in [0.15, 0.2) is 0 Å². The number of hydrogen-bond acceptors (Lipinski definition) is 2. The number of rotatable bonds is 5. The van der Waals surface area contributed by atoms with Gasteiger partial charge in [0, 0.05) is 23.8 Å². The molecule has 0 saturated carbocycles. The van der Waals surface area contributed by atoms with Crippen molar-refractivity contribution in [2.24, 2.45) is 5.92 Å². The van der Waals surface area contributed by atoms with E-state index in [4.69, 9.17) is 0 Å². The summed E-state index contributed by atoms with van der Waals surface area (Å²) in [7, 11) is 2.05. The summed E-state index contributed by atoms with van der Waals surface area (Å²) < 4.78 is 0. The van der Waals surface area contributed by atoms with E-state index in [1.807, 2.05) is 19.4 Å². The van der Waals surface area contributed by atoms with E-state index in [0.717, 1.165) is 5.92 Å². The lowest BCUT2D eigenvalue weighted by Crippen LogP contribution is -2.17. The van der Waals surface area contributed by atoms with Gasteiger partial charge in [0.25, 0.3) is 0 Å². The average Bonchev–Trinajstić information content (AvgIpc) is 2.39. The minimum Gasteiger partial charge on any atom is -0.313 e. The largest absolute Gasteiger partial charge is 0.313 e. The summed E-state index contributed by atoms with van der Waals surface area (Å²) in [6.07, 6.45) is 6.23. The lowest BCUT2D eigenvalue weighted by Gasteiger charge is -2.19. The SMILES string of the molecule is CNC(CCC(C)C)c1cccc2cnccc12. The van der Waals surface area contributed by atoms with Gasteiger partial charge in [0.05, 0.1) is 0 Å². The van der Waals surface area contributed by atoms with Crippen molar-refractivity contribution in [2.75, 3.05) is 7.05 Å². The zero-order chi connectivity index (χ0) is 13.0. The van der Waals surface area contributed by atoms with Gasteiger partial charge in [0.2, 0.25) is 0 Å². The smallest absolute Gasteiger partial charge is 0.0346 e. The van der Waals surface area contributed by atoms with Gasteiger partial charge in [-0.2, -0.15) is 0 Å². The maximum Gasteiger partial charge on any atom is 0.0346 e. The van der Waals surface area contributed by atoms with Gasteiger partial charge in [0.1, 0.15) is 0 Å². The van der Waals surface area contributed by atoms with E-state index in [-0.39, 0.29) is 0 Å². The second kappa shape index (κ2) is 5.96. The van der Waals surface area contributed by atoms with Crippen molar-refractivity contribution in [3.05, 3.63) is 42.2 Å². The summed E-state index contributed by atoms with van der Waals surface area (Å²) >= 11 is 0. The molecule has 2 nitrogen and oxygen atoms in total. The van der Waals surface area contributed by atoms with Crippen LogP contribution in [0.5, 0.6) is 0 Å². The van der Waals surface area contributed by atoms with Crippen molar-refractivity contribution in [1.29, 1.82) is 0 Å². The lowest BCUT2D eigenvalue weighted by molar-refractivity contribution is 0.467. The molecular formula is C16H22N2. The van der Waals surface area contributed by atoms with Crippen LogP contribution in [0.15, 0.2) is 36.7 Å². The highest BCUT2D eigenvalue weighted by Crippen LogP contribution is 2.27. The predicted octanol–water partition coefficient (Wildman–Crippen LogP) is 3.93. The second-order valence-corrected chi connectivity index (χ2v) is 5.26. The van der Waals surface area contributed by atoms with Crippen LogP contribution in [0.2, 0.25) is 0 Å². The predicted molar refractivity (Wildman–Crippen MR) is 77.6 cm³/mol. The highest BCUT2D eigenvalue weighted by molar-refractivity contribution is 5.85. The molecule has 2 aromatic rings.